The molecule has 25 heavy (non-hydrogen) atoms. The van der Waals surface area contributed by atoms with Crippen molar-refractivity contribution in [3.8, 4) is 17.2 Å². The number of pyridine rings is 1. The maximum atomic E-state index is 9.97. The van der Waals surface area contributed by atoms with E-state index in [0.29, 0.717) is 11.6 Å². The molecular formula is C19H16N5O. The van der Waals surface area contributed by atoms with Crippen LogP contribution in [0.15, 0.2) is 48.9 Å². The molecule has 0 aliphatic carbocycles. The highest BCUT2D eigenvalue weighted by atomic mass is 16.3. The maximum Gasteiger partial charge on any atom is 0.251 e. The smallest absolute Gasteiger partial charge is 0.251 e. The van der Waals surface area contributed by atoms with E-state index in [1.165, 1.54) is 0 Å². The van der Waals surface area contributed by atoms with E-state index in [2.05, 4.69) is 26.1 Å². The Morgan fingerprint density at radius 2 is 1.96 bits per heavy atom. The molecule has 0 amide bonds. The molecule has 0 fully saturated rings. The van der Waals surface area contributed by atoms with Crippen LogP contribution in [0, 0.1) is 13.0 Å². The highest BCUT2D eigenvalue weighted by Crippen LogP contribution is 2.25. The summed E-state index contributed by atoms with van der Waals surface area (Å²) in [5.41, 5.74) is 4.20. The topological polar surface area (TPSA) is 76.7 Å². The predicted molar refractivity (Wildman–Crippen MR) is 94.1 cm³/mol. The van der Waals surface area contributed by atoms with Gasteiger partial charge >= 0.3 is 0 Å². The molecule has 0 bridgehead atoms. The van der Waals surface area contributed by atoms with Crippen molar-refractivity contribution in [3.05, 3.63) is 66.2 Å². The van der Waals surface area contributed by atoms with Crippen LogP contribution in [0.25, 0.3) is 28.1 Å². The van der Waals surface area contributed by atoms with E-state index in [-0.39, 0.29) is 0 Å². The fraction of sp³-hybridized carbons (Fsp3) is 0.158. The third-order valence-corrected chi connectivity index (χ3v) is 3.99. The molecular weight excluding hydrogens is 314 g/mol. The highest BCUT2D eigenvalue weighted by Gasteiger charge is 2.16. The third-order valence-electron chi connectivity index (χ3n) is 3.99. The van der Waals surface area contributed by atoms with Crippen LogP contribution in [-0.4, -0.2) is 29.8 Å². The number of hydrogen-bond acceptors (Lipinski definition) is 5. The van der Waals surface area contributed by atoms with Gasteiger partial charge in [-0.3, -0.25) is 4.98 Å². The minimum Gasteiger partial charge on any atom is -0.387 e. The van der Waals surface area contributed by atoms with Crippen molar-refractivity contribution >= 4 is 10.9 Å². The molecule has 1 radical (unpaired) electrons. The van der Waals surface area contributed by atoms with Crippen molar-refractivity contribution in [2.75, 3.05) is 0 Å². The van der Waals surface area contributed by atoms with Gasteiger partial charge in [-0.2, -0.15) is 9.78 Å². The Balaban J connectivity index is 1.79. The fourth-order valence-corrected chi connectivity index (χ4v) is 2.75. The molecule has 1 aromatic carbocycles. The Kier molecular flexibility index (Phi) is 3.74. The van der Waals surface area contributed by atoms with Crippen LogP contribution in [0.3, 0.4) is 0 Å². The minimum atomic E-state index is -0.679. The first kappa shape index (κ1) is 15.4. The summed E-state index contributed by atoms with van der Waals surface area (Å²) in [6, 6.07) is 12.5. The Bertz CT molecular complexity index is 1040. The Morgan fingerprint density at radius 1 is 1.16 bits per heavy atom. The van der Waals surface area contributed by atoms with E-state index in [1.807, 2.05) is 31.2 Å². The maximum absolute atomic E-state index is 9.97. The molecule has 123 valence electrons. The SMILES string of the molecule is Cc1ccnc(-c2cnc(-n3nc(C(C)O)c4cc[c]cc43)nc2)c1. The molecule has 3 aromatic heterocycles. The van der Waals surface area contributed by atoms with Crippen LogP contribution in [0.4, 0.5) is 0 Å². The van der Waals surface area contributed by atoms with Crippen LogP contribution in [0.5, 0.6) is 0 Å². The van der Waals surface area contributed by atoms with Gasteiger partial charge in [0.2, 0.25) is 0 Å². The normalized spacial score (nSPS) is 12.4. The molecule has 4 rings (SSSR count). The summed E-state index contributed by atoms with van der Waals surface area (Å²) in [5, 5.41) is 15.3. The Hall–Kier alpha value is -3.12. The standard InChI is InChI=1S/C19H16N5O/c1-12-7-8-20-16(9-12)14-10-21-19(22-11-14)24-17-6-4-3-5-15(17)18(23-24)13(2)25/h3,5-11,13,25H,1-2H3. The van der Waals surface area contributed by atoms with Gasteiger partial charge < -0.3 is 5.11 Å². The number of aromatic nitrogens is 5. The molecule has 1 atom stereocenters. The van der Waals surface area contributed by atoms with Crippen LogP contribution in [0.2, 0.25) is 0 Å². The molecule has 0 spiro atoms. The number of nitrogens with zero attached hydrogens (tertiary/aromatic N) is 5. The van der Waals surface area contributed by atoms with Gasteiger partial charge in [0.25, 0.3) is 5.95 Å². The minimum absolute atomic E-state index is 0.438. The van der Waals surface area contributed by atoms with Gasteiger partial charge in [-0.15, -0.1) is 0 Å². The zero-order valence-corrected chi connectivity index (χ0v) is 13.9. The summed E-state index contributed by atoms with van der Waals surface area (Å²) in [4.78, 5) is 13.2. The van der Waals surface area contributed by atoms with Gasteiger partial charge in [0, 0.05) is 29.5 Å². The molecule has 4 aromatic rings. The predicted octanol–water partition coefficient (Wildman–Crippen LogP) is 3.04. The monoisotopic (exact) mass is 330 g/mol. The van der Waals surface area contributed by atoms with Crippen molar-refractivity contribution in [1.82, 2.24) is 24.7 Å². The van der Waals surface area contributed by atoms with Crippen molar-refractivity contribution < 1.29 is 5.11 Å². The van der Waals surface area contributed by atoms with Crippen molar-refractivity contribution in [3.63, 3.8) is 0 Å². The second-order valence-electron chi connectivity index (χ2n) is 5.91. The summed E-state index contributed by atoms with van der Waals surface area (Å²) in [6.07, 6.45) is 4.55. The molecule has 6 nitrogen and oxygen atoms in total. The number of hydrogen-bond donors (Lipinski definition) is 1. The zero-order chi connectivity index (χ0) is 17.4. The highest BCUT2D eigenvalue weighted by molar-refractivity contribution is 5.83. The van der Waals surface area contributed by atoms with Gasteiger partial charge in [0.05, 0.1) is 23.0 Å². The quantitative estimate of drug-likeness (QED) is 0.625. The van der Waals surface area contributed by atoms with E-state index in [1.54, 1.807) is 36.3 Å². The number of aliphatic hydroxyl groups is 1. The van der Waals surface area contributed by atoms with Crippen molar-refractivity contribution in [2.45, 2.75) is 20.0 Å². The molecule has 0 saturated carbocycles. The van der Waals surface area contributed by atoms with Gasteiger partial charge in [-0.05, 0) is 43.7 Å². The third kappa shape index (κ3) is 2.77. The Labute approximate surface area is 144 Å². The summed E-state index contributed by atoms with van der Waals surface area (Å²) >= 11 is 0. The lowest BCUT2D eigenvalue weighted by molar-refractivity contribution is 0.195. The second kappa shape index (κ2) is 6.07. The summed E-state index contributed by atoms with van der Waals surface area (Å²) in [6.45, 7) is 3.71. The molecule has 0 aliphatic rings. The number of fused-ring (bicyclic) bond motifs is 1. The first-order valence-electron chi connectivity index (χ1n) is 7.96. The molecule has 6 heteroatoms. The second-order valence-corrected chi connectivity index (χ2v) is 5.91. The summed E-state index contributed by atoms with van der Waals surface area (Å²) in [5.74, 6) is 0.438. The summed E-state index contributed by atoms with van der Waals surface area (Å²) in [7, 11) is 0. The lowest BCUT2D eigenvalue weighted by Gasteiger charge is -2.04. The first-order valence-corrected chi connectivity index (χ1v) is 7.96. The van der Waals surface area contributed by atoms with Gasteiger partial charge in [-0.1, -0.05) is 12.1 Å². The van der Waals surface area contributed by atoms with Crippen molar-refractivity contribution in [2.24, 2.45) is 0 Å². The van der Waals surface area contributed by atoms with Crippen LogP contribution >= 0.6 is 0 Å². The van der Waals surface area contributed by atoms with Gasteiger partial charge in [-0.25, -0.2) is 9.97 Å². The van der Waals surface area contributed by atoms with Crippen LogP contribution < -0.4 is 0 Å². The van der Waals surface area contributed by atoms with Crippen molar-refractivity contribution in [1.29, 1.82) is 0 Å². The van der Waals surface area contributed by atoms with Crippen LogP contribution in [-0.2, 0) is 0 Å². The van der Waals surface area contributed by atoms with Gasteiger partial charge in [0.15, 0.2) is 0 Å². The molecule has 1 N–H and O–H groups in total. The van der Waals surface area contributed by atoms with E-state index in [0.717, 1.165) is 27.7 Å². The lowest BCUT2D eigenvalue weighted by atomic mass is 10.1. The Morgan fingerprint density at radius 3 is 2.68 bits per heavy atom. The fourth-order valence-electron chi connectivity index (χ4n) is 2.75. The summed E-state index contributed by atoms with van der Waals surface area (Å²) < 4.78 is 1.63. The van der Waals surface area contributed by atoms with E-state index < -0.39 is 6.10 Å². The zero-order valence-electron chi connectivity index (χ0n) is 13.9. The molecule has 0 saturated heterocycles. The number of aryl methyl sites for hydroxylation is 1. The molecule has 3 heterocycles. The average Bonchev–Trinajstić information content (AvgIpc) is 3.02. The average molecular weight is 330 g/mol. The number of benzene rings is 1. The molecule has 0 aliphatic heterocycles. The van der Waals surface area contributed by atoms with E-state index in [4.69, 9.17) is 0 Å². The number of rotatable bonds is 3. The van der Waals surface area contributed by atoms with E-state index >= 15 is 0 Å². The van der Waals surface area contributed by atoms with E-state index in [9.17, 15) is 5.11 Å². The lowest BCUT2D eigenvalue weighted by Crippen LogP contribution is -2.04. The largest absolute Gasteiger partial charge is 0.387 e. The first-order chi connectivity index (χ1) is 12.1. The van der Waals surface area contributed by atoms with Crippen LogP contribution in [0.1, 0.15) is 24.3 Å². The number of aliphatic hydroxyl groups excluding tert-OH is 1. The van der Waals surface area contributed by atoms with Gasteiger partial charge in [0.1, 0.15) is 0 Å². The molecule has 1 unspecified atom stereocenters.